The first-order chi connectivity index (χ1) is 13.8. The van der Waals surface area contributed by atoms with Gasteiger partial charge in [0.2, 0.25) is 0 Å². The molecular weight excluding hydrogens is 390 g/mol. The van der Waals surface area contributed by atoms with Crippen molar-refractivity contribution in [2.45, 2.75) is 27.2 Å². The fourth-order valence-electron chi connectivity index (χ4n) is 3.00. The SMILES string of the molecule is Cc1ccc(NC(=O)COC(=O)Cc2c(C)nn(-c3ccccc3)c2C)c(Cl)c1. The number of anilines is 1. The summed E-state index contributed by atoms with van der Waals surface area (Å²) in [4.78, 5) is 24.3. The van der Waals surface area contributed by atoms with Crippen LogP contribution in [0.2, 0.25) is 5.02 Å². The van der Waals surface area contributed by atoms with Crippen LogP contribution in [0.5, 0.6) is 0 Å². The molecular formula is C22H22ClN3O3. The molecule has 29 heavy (non-hydrogen) atoms. The van der Waals surface area contributed by atoms with Gasteiger partial charge in [-0.25, -0.2) is 4.68 Å². The summed E-state index contributed by atoms with van der Waals surface area (Å²) < 4.78 is 6.93. The van der Waals surface area contributed by atoms with Gasteiger partial charge in [-0.1, -0.05) is 35.9 Å². The molecule has 0 radical (unpaired) electrons. The number of benzene rings is 2. The third kappa shape index (κ3) is 5.03. The highest BCUT2D eigenvalue weighted by atomic mass is 35.5. The van der Waals surface area contributed by atoms with Gasteiger partial charge in [-0.2, -0.15) is 5.10 Å². The topological polar surface area (TPSA) is 73.2 Å². The van der Waals surface area contributed by atoms with Crippen LogP contribution in [0, 0.1) is 20.8 Å². The largest absolute Gasteiger partial charge is 0.455 e. The number of halogens is 1. The molecule has 7 heteroatoms. The molecule has 1 heterocycles. The first-order valence-corrected chi connectivity index (χ1v) is 9.55. The molecule has 0 saturated heterocycles. The standard InChI is InChI=1S/C22H22ClN3O3/c1-14-9-10-20(19(23)11-14)24-21(27)13-29-22(28)12-18-15(2)25-26(16(18)3)17-7-5-4-6-8-17/h4-11H,12-13H2,1-3H3,(H,24,27). The Bertz CT molecular complexity index is 1040. The Balaban J connectivity index is 1.60. The van der Waals surface area contributed by atoms with Crippen molar-refractivity contribution in [1.29, 1.82) is 0 Å². The Morgan fingerprint density at radius 1 is 1.10 bits per heavy atom. The molecule has 1 aromatic heterocycles. The highest BCUT2D eigenvalue weighted by molar-refractivity contribution is 6.33. The summed E-state index contributed by atoms with van der Waals surface area (Å²) in [7, 11) is 0. The van der Waals surface area contributed by atoms with E-state index in [4.69, 9.17) is 16.3 Å². The quantitative estimate of drug-likeness (QED) is 0.617. The van der Waals surface area contributed by atoms with Gasteiger partial charge in [-0.05, 0) is 50.6 Å². The van der Waals surface area contributed by atoms with Gasteiger partial charge in [0.05, 0.1) is 28.5 Å². The van der Waals surface area contributed by atoms with E-state index in [9.17, 15) is 9.59 Å². The highest BCUT2D eigenvalue weighted by Crippen LogP contribution is 2.22. The minimum Gasteiger partial charge on any atom is -0.455 e. The van der Waals surface area contributed by atoms with Crippen molar-refractivity contribution >= 4 is 29.2 Å². The van der Waals surface area contributed by atoms with Crippen molar-refractivity contribution in [2.75, 3.05) is 11.9 Å². The van der Waals surface area contributed by atoms with Crippen molar-refractivity contribution < 1.29 is 14.3 Å². The van der Waals surface area contributed by atoms with Crippen LogP contribution in [-0.4, -0.2) is 28.3 Å². The molecule has 2 aromatic carbocycles. The van der Waals surface area contributed by atoms with Gasteiger partial charge in [0.15, 0.2) is 6.61 Å². The Kier molecular flexibility index (Phi) is 6.34. The Morgan fingerprint density at radius 3 is 2.52 bits per heavy atom. The average molecular weight is 412 g/mol. The molecule has 0 saturated carbocycles. The maximum atomic E-state index is 12.3. The van der Waals surface area contributed by atoms with Crippen molar-refractivity contribution in [1.82, 2.24) is 9.78 Å². The zero-order chi connectivity index (χ0) is 21.0. The monoisotopic (exact) mass is 411 g/mol. The van der Waals surface area contributed by atoms with Crippen molar-refractivity contribution in [3.05, 3.63) is 76.1 Å². The lowest BCUT2D eigenvalue weighted by Crippen LogP contribution is -2.22. The second kappa shape index (κ2) is 8.92. The van der Waals surface area contributed by atoms with Gasteiger partial charge in [0.1, 0.15) is 0 Å². The van der Waals surface area contributed by atoms with E-state index in [0.29, 0.717) is 10.7 Å². The van der Waals surface area contributed by atoms with Crippen LogP contribution in [-0.2, 0) is 20.7 Å². The van der Waals surface area contributed by atoms with Gasteiger partial charge < -0.3 is 10.1 Å². The predicted octanol–water partition coefficient (Wildman–Crippen LogP) is 4.18. The van der Waals surface area contributed by atoms with E-state index >= 15 is 0 Å². The number of carbonyl (C=O) groups is 2. The van der Waals surface area contributed by atoms with Gasteiger partial charge in [0.25, 0.3) is 5.91 Å². The number of para-hydroxylation sites is 1. The lowest BCUT2D eigenvalue weighted by Gasteiger charge is -2.09. The normalized spacial score (nSPS) is 10.6. The number of hydrogen-bond acceptors (Lipinski definition) is 4. The molecule has 3 rings (SSSR count). The lowest BCUT2D eigenvalue weighted by molar-refractivity contribution is -0.146. The van der Waals surface area contributed by atoms with E-state index in [-0.39, 0.29) is 13.0 Å². The Hall–Kier alpha value is -3.12. The van der Waals surface area contributed by atoms with Crippen LogP contribution >= 0.6 is 11.6 Å². The first kappa shape index (κ1) is 20.6. The van der Waals surface area contributed by atoms with Gasteiger partial charge >= 0.3 is 5.97 Å². The van der Waals surface area contributed by atoms with Crippen LogP contribution < -0.4 is 5.32 Å². The minimum absolute atomic E-state index is 0.0447. The molecule has 6 nitrogen and oxygen atoms in total. The highest BCUT2D eigenvalue weighted by Gasteiger charge is 2.17. The second-order valence-corrected chi connectivity index (χ2v) is 7.17. The van der Waals surface area contributed by atoms with Crippen LogP contribution in [0.15, 0.2) is 48.5 Å². The minimum atomic E-state index is -0.492. The lowest BCUT2D eigenvalue weighted by atomic mass is 10.1. The number of esters is 1. The molecule has 0 atom stereocenters. The molecule has 0 unspecified atom stereocenters. The number of aryl methyl sites for hydroxylation is 2. The van der Waals surface area contributed by atoms with Crippen LogP contribution in [0.1, 0.15) is 22.5 Å². The smallest absolute Gasteiger partial charge is 0.310 e. The number of nitrogens with zero attached hydrogens (tertiary/aromatic N) is 2. The number of hydrogen-bond donors (Lipinski definition) is 1. The van der Waals surface area contributed by atoms with Gasteiger partial charge in [-0.15, -0.1) is 0 Å². The van der Waals surface area contributed by atoms with Gasteiger partial charge in [0, 0.05) is 11.3 Å². The maximum absolute atomic E-state index is 12.3. The average Bonchev–Trinajstić information content (AvgIpc) is 2.97. The summed E-state index contributed by atoms with van der Waals surface area (Å²) in [5.41, 5.74) is 4.79. The molecule has 0 aliphatic rings. The number of carbonyl (C=O) groups excluding carboxylic acids is 2. The number of nitrogens with one attached hydrogen (secondary N) is 1. The van der Waals surface area contributed by atoms with Crippen LogP contribution in [0.3, 0.4) is 0 Å². The third-order valence-corrected chi connectivity index (χ3v) is 4.84. The van der Waals surface area contributed by atoms with E-state index in [1.165, 1.54) is 0 Å². The second-order valence-electron chi connectivity index (χ2n) is 6.77. The molecule has 3 aromatic rings. The molecule has 150 valence electrons. The molecule has 1 amide bonds. The summed E-state index contributed by atoms with van der Waals surface area (Å²) in [6.45, 7) is 5.28. The Labute approximate surface area is 174 Å². The van der Waals surface area contributed by atoms with Crippen molar-refractivity contribution in [3.63, 3.8) is 0 Å². The van der Waals surface area contributed by atoms with Crippen LogP contribution in [0.4, 0.5) is 5.69 Å². The summed E-state index contributed by atoms with van der Waals surface area (Å²) in [6, 6.07) is 15.0. The number of ether oxygens (including phenoxy) is 1. The molecule has 0 bridgehead atoms. The number of aromatic nitrogens is 2. The Morgan fingerprint density at radius 2 is 1.83 bits per heavy atom. The van der Waals surface area contributed by atoms with E-state index in [2.05, 4.69) is 10.4 Å². The van der Waals surface area contributed by atoms with Crippen molar-refractivity contribution in [2.24, 2.45) is 0 Å². The summed E-state index contributed by atoms with van der Waals surface area (Å²) in [5, 5.41) is 7.59. The van der Waals surface area contributed by atoms with E-state index in [0.717, 1.165) is 28.2 Å². The summed E-state index contributed by atoms with van der Waals surface area (Å²) >= 11 is 6.10. The third-order valence-electron chi connectivity index (χ3n) is 4.53. The summed E-state index contributed by atoms with van der Waals surface area (Å²) in [6.07, 6.45) is 0.0447. The molecule has 0 aliphatic carbocycles. The zero-order valence-electron chi connectivity index (χ0n) is 16.5. The summed E-state index contributed by atoms with van der Waals surface area (Å²) in [5.74, 6) is -0.938. The fourth-order valence-corrected chi connectivity index (χ4v) is 3.28. The first-order valence-electron chi connectivity index (χ1n) is 9.17. The van der Waals surface area contributed by atoms with Gasteiger partial charge in [-0.3, -0.25) is 9.59 Å². The van der Waals surface area contributed by atoms with E-state index < -0.39 is 11.9 Å². The molecule has 0 aliphatic heterocycles. The van der Waals surface area contributed by atoms with Crippen molar-refractivity contribution in [3.8, 4) is 5.69 Å². The number of amides is 1. The molecule has 0 fully saturated rings. The zero-order valence-corrected chi connectivity index (χ0v) is 17.3. The van der Waals surface area contributed by atoms with Crippen LogP contribution in [0.25, 0.3) is 5.69 Å². The maximum Gasteiger partial charge on any atom is 0.310 e. The number of rotatable bonds is 6. The predicted molar refractivity (Wildman–Crippen MR) is 113 cm³/mol. The van der Waals surface area contributed by atoms with E-state index in [1.54, 1.807) is 16.8 Å². The fraction of sp³-hybridized carbons (Fsp3) is 0.227. The molecule has 1 N–H and O–H groups in total. The molecule has 0 spiro atoms. The van der Waals surface area contributed by atoms with E-state index in [1.807, 2.05) is 57.2 Å².